The number of ether oxygens (including phenoxy) is 1. The number of halogens is 2. The molecule has 2 amide bonds. The molecule has 1 atom stereocenters. The van der Waals surface area contributed by atoms with E-state index in [0.29, 0.717) is 11.1 Å². The fraction of sp³-hybridized carbons (Fsp3) is 0.222. The molecule has 2 aromatic rings. The number of nitrogens with zero attached hydrogens (tertiary/aromatic N) is 1. The average molecular weight is 331 g/mol. The van der Waals surface area contributed by atoms with E-state index >= 15 is 0 Å². The van der Waals surface area contributed by atoms with Crippen molar-refractivity contribution in [3.8, 4) is 0 Å². The van der Waals surface area contributed by atoms with Gasteiger partial charge in [0.1, 0.15) is 18.2 Å². The molecule has 0 radical (unpaired) electrons. The molecular formula is C18H15F2NO3. The summed E-state index contributed by atoms with van der Waals surface area (Å²) in [5, 5.41) is 0. The van der Waals surface area contributed by atoms with Crippen LogP contribution in [0.4, 0.5) is 13.6 Å². The van der Waals surface area contributed by atoms with Crippen molar-refractivity contribution in [1.82, 2.24) is 4.90 Å². The zero-order valence-electron chi connectivity index (χ0n) is 12.7. The number of hydrogen-bond donors (Lipinski definition) is 0. The van der Waals surface area contributed by atoms with Gasteiger partial charge < -0.3 is 4.74 Å². The number of carbonyl (C=O) groups excluding carboxylic acids is 2. The SMILES string of the molecule is O=C(CC(c1ccc(F)cc1)c1cccc(F)c1)N1CCOC1=O. The molecule has 0 N–H and O–H groups in total. The minimum atomic E-state index is -0.669. The Labute approximate surface area is 137 Å². The Morgan fingerprint density at radius 2 is 1.83 bits per heavy atom. The quantitative estimate of drug-likeness (QED) is 0.862. The first-order valence-electron chi connectivity index (χ1n) is 7.52. The molecule has 3 rings (SSSR count). The maximum Gasteiger partial charge on any atom is 0.416 e. The topological polar surface area (TPSA) is 46.6 Å². The van der Waals surface area contributed by atoms with Crippen LogP contribution in [0.25, 0.3) is 0 Å². The summed E-state index contributed by atoms with van der Waals surface area (Å²) in [5.41, 5.74) is 1.26. The Kier molecular flexibility index (Phi) is 4.55. The van der Waals surface area contributed by atoms with Crippen molar-refractivity contribution < 1.29 is 23.1 Å². The highest BCUT2D eigenvalue weighted by Crippen LogP contribution is 2.30. The Hall–Kier alpha value is -2.76. The molecule has 0 aliphatic carbocycles. The zero-order valence-corrected chi connectivity index (χ0v) is 12.7. The molecule has 0 spiro atoms. The third-order valence-electron chi connectivity index (χ3n) is 3.96. The number of hydrogen-bond acceptors (Lipinski definition) is 3. The lowest BCUT2D eigenvalue weighted by Crippen LogP contribution is -2.32. The van der Waals surface area contributed by atoms with Crippen molar-refractivity contribution in [2.45, 2.75) is 12.3 Å². The maximum atomic E-state index is 13.6. The molecule has 0 bridgehead atoms. The fourth-order valence-electron chi connectivity index (χ4n) is 2.75. The van der Waals surface area contributed by atoms with Crippen LogP contribution in [0, 0.1) is 11.6 Å². The van der Waals surface area contributed by atoms with Crippen molar-refractivity contribution in [1.29, 1.82) is 0 Å². The number of cyclic esters (lactones) is 1. The Morgan fingerprint density at radius 3 is 2.46 bits per heavy atom. The van der Waals surface area contributed by atoms with E-state index in [2.05, 4.69) is 0 Å². The third kappa shape index (κ3) is 3.42. The predicted molar refractivity (Wildman–Crippen MR) is 82.3 cm³/mol. The highest BCUT2D eigenvalue weighted by atomic mass is 19.1. The Bertz CT molecular complexity index is 761. The number of benzene rings is 2. The second-order valence-corrected chi connectivity index (χ2v) is 5.52. The van der Waals surface area contributed by atoms with Crippen LogP contribution in [0.2, 0.25) is 0 Å². The second-order valence-electron chi connectivity index (χ2n) is 5.52. The highest BCUT2D eigenvalue weighted by Gasteiger charge is 2.30. The van der Waals surface area contributed by atoms with Crippen molar-refractivity contribution in [3.63, 3.8) is 0 Å². The largest absolute Gasteiger partial charge is 0.447 e. The van der Waals surface area contributed by atoms with Crippen LogP contribution in [0.5, 0.6) is 0 Å². The first kappa shape index (κ1) is 16.1. The van der Waals surface area contributed by atoms with Gasteiger partial charge in [-0.2, -0.15) is 0 Å². The minimum absolute atomic E-state index is 0.0375. The lowest BCUT2D eigenvalue weighted by atomic mass is 9.88. The predicted octanol–water partition coefficient (Wildman–Crippen LogP) is 3.47. The van der Waals surface area contributed by atoms with Gasteiger partial charge in [-0.15, -0.1) is 0 Å². The van der Waals surface area contributed by atoms with Crippen molar-refractivity contribution >= 4 is 12.0 Å². The van der Waals surface area contributed by atoms with Crippen LogP contribution >= 0.6 is 0 Å². The molecule has 4 nitrogen and oxygen atoms in total. The molecule has 1 aliphatic rings. The van der Waals surface area contributed by atoms with Gasteiger partial charge >= 0.3 is 6.09 Å². The normalized spacial score (nSPS) is 15.2. The van der Waals surface area contributed by atoms with E-state index in [4.69, 9.17) is 4.74 Å². The van der Waals surface area contributed by atoms with E-state index in [1.54, 1.807) is 24.3 Å². The standard InChI is InChI=1S/C18H15F2NO3/c19-14-6-4-12(5-7-14)16(13-2-1-3-15(20)10-13)11-17(22)21-8-9-24-18(21)23/h1-7,10,16H,8-9,11H2. The fourth-order valence-corrected chi connectivity index (χ4v) is 2.75. The molecule has 1 unspecified atom stereocenters. The van der Waals surface area contributed by atoms with E-state index in [0.717, 1.165) is 4.90 Å². The van der Waals surface area contributed by atoms with Crippen molar-refractivity contribution in [3.05, 3.63) is 71.3 Å². The monoisotopic (exact) mass is 331 g/mol. The maximum absolute atomic E-state index is 13.6. The Balaban J connectivity index is 1.91. The summed E-state index contributed by atoms with van der Waals surface area (Å²) < 4.78 is 31.5. The molecule has 1 aliphatic heterocycles. The summed E-state index contributed by atoms with van der Waals surface area (Å²) in [6.07, 6.45) is -0.707. The van der Waals surface area contributed by atoms with Crippen LogP contribution in [0.3, 0.4) is 0 Å². The summed E-state index contributed by atoms with van der Waals surface area (Å²) in [6, 6.07) is 11.6. The summed E-state index contributed by atoms with van der Waals surface area (Å²) in [5.74, 6) is -1.71. The molecule has 0 saturated carbocycles. The molecule has 2 aromatic carbocycles. The van der Waals surface area contributed by atoms with Gasteiger partial charge in [0.2, 0.25) is 5.91 Å². The lowest BCUT2D eigenvalue weighted by molar-refractivity contribution is -0.128. The van der Waals surface area contributed by atoms with E-state index < -0.39 is 29.6 Å². The number of amides is 2. The van der Waals surface area contributed by atoms with Gasteiger partial charge in [0.25, 0.3) is 0 Å². The van der Waals surface area contributed by atoms with Crippen molar-refractivity contribution in [2.75, 3.05) is 13.2 Å². The molecule has 1 heterocycles. The van der Waals surface area contributed by atoms with E-state index in [9.17, 15) is 18.4 Å². The van der Waals surface area contributed by atoms with Crippen molar-refractivity contribution in [2.24, 2.45) is 0 Å². The van der Waals surface area contributed by atoms with Crippen LogP contribution in [-0.4, -0.2) is 30.1 Å². The summed E-state index contributed by atoms with van der Waals surface area (Å²) in [6.45, 7) is 0.378. The van der Waals surface area contributed by atoms with Gasteiger partial charge in [-0.1, -0.05) is 24.3 Å². The van der Waals surface area contributed by atoms with E-state index in [1.807, 2.05) is 0 Å². The summed E-state index contributed by atoms with van der Waals surface area (Å²) in [7, 11) is 0. The molecule has 1 saturated heterocycles. The van der Waals surface area contributed by atoms with E-state index in [1.165, 1.54) is 24.3 Å². The van der Waals surface area contributed by atoms with E-state index in [-0.39, 0.29) is 19.6 Å². The third-order valence-corrected chi connectivity index (χ3v) is 3.96. The first-order valence-corrected chi connectivity index (χ1v) is 7.52. The van der Waals surface area contributed by atoms with Gasteiger partial charge in [-0.05, 0) is 35.4 Å². The molecule has 124 valence electrons. The highest BCUT2D eigenvalue weighted by molar-refractivity contribution is 5.93. The van der Waals surface area contributed by atoms with Crippen LogP contribution in [-0.2, 0) is 9.53 Å². The first-order chi connectivity index (χ1) is 11.5. The smallest absolute Gasteiger partial charge is 0.416 e. The zero-order chi connectivity index (χ0) is 17.1. The average Bonchev–Trinajstić information content (AvgIpc) is 2.99. The minimum Gasteiger partial charge on any atom is -0.447 e. The van der Waals surface area contributed by atoms with Gasteiger partial charge in [0.05, 0.1) is 6.54 Å². The van der Waals surface area contributed by atoms with Crippen LogP contribution in [0.15, 0.2) is 48.5 Å². The van der Waals surface area contributed by atoms with Gasteiger partial charge in [-0.25, -0.2) is 18.5 Å². The number of rotatable bonds is 4. The van der Waals surface area contributed by atoms with Crippen LogP contribution in [0.1, 0.15) is 23.5 Å². The molecular weight excluding hydrogens is 316 g/mol. The molecule has 1 fully saturated rings. The number of carbonyl (C=O) groups is 2. The summed E-state index contributed by atoms with van der Waals surface area (Å²) in [4.78, 5) is 25.0. The van der Waals surface area contributed by atoms with Gasteiger partial charge in [0, 0.05) is 12.3 Å². The number of imide groups is 1. The molecule has 0 aromatic heterocycles. The van der Waals surface area contributed by atoms with Gasteiger partial charge in [-0.3, -0.25) is 4.79 Å². The summed E-state index contributed by atoms with van der Waals surface area (Å²) >= 11 is 0. The molecule has 24 heavy (non-hydrogen) atoms. The Morgan fingerprint density at radius 1 is 1.08 bits per heavy atom. The van der Waals surface area contributed by atoms with Crippen LogP contribution < -0.4 is 0 Å². The second kappa shape index (κ2) is 6.78. The lowest BCUT2D eigenvalue weighted by Gasteiger charge is -2.20. The molecule has 6 heteroatoms. The van der Waals surface area contributed by atoms with Gasteiger partial charge in [0.15, 0.2) is 0 Å².